The van der Waals surface area contributed by atoms with E-state index in [4.69, 9.17) is 10.8 Å². The first kappa shape index (κ1) is 16.7. The Hall–Kier alpha value is -0.320. The molecule has 4 N–H and O–H groups in total. The van der Waals surface area contributed by atoms with Crippen LogP contribution in [0.15, 0.2) is 0 Å². The summed E-state index contributed by atoms with van der Waals surface area (Å²) in [6, 6.07) is -0.367. The Morgan fingerprint density at radius 3 is 2.47 bits per heavy atom. The van der Waals surface area contributed by atoms with Gasteiger partial charge in [0.2, 0.25) is 5.91 Å². The molecule has 1 aliphatic rings. The second kappa shape index (κ2) is 8.72. The number of amides is 1. The van der Waals surface area contributed by atoms with Crippen molar-refractivity contribution in [2.45, 2.75) is 57.5 Å². The molecule has 17 heavy (non-hydrogen) atoms. The van der Waals surface area contributed by atoms with E-state index in [0.717, 1.165) is 12.8 Å². The Morgan fingerprint density at radius 2 is 2.00 bits per heavy atom. The second-order valence-corrected chi connectivity index (χ2v) is 4.81. The van der Waals surface area contributed by atoms with E-state index in [1.807, 2.05) is 0 Å². The minimum Gasteiger partial charge on any atom is -0.396 e. The Bertz CT molecular complexity index is 219. The maximum Gasteiger partial charge on any atom is 0.236 e. The lowest BCUT2D eigenvalue weighted by atomic mass is 9.82. The molecule has 1 fully saturated rings. The van der Waals surface area contributed by atoms with E-state index in [1.165, 1.54) is 19.3 Å². The van der Waals surface area contributed by atoms with Crippen LogP contribution in [0.4, 0.5) is 0 Å². The smallest absolute Gasteiger partial charge is 0.236 e. The highest BCUT2D eigenvalue weighted by Crippen LogP contribution is 2.27. The Morgan fingerprint density at radius 1 is 1.41 bits per heavy atom. The normalized spacial score (nSPS) is 20.2. The first-order valence-electron chi connectivity index (χ1n) is 6.32. The summed E-state index contributed by atoms with van der Waals surface area (Å²) in [5.41, 5.74) is 5.54. The SMILES string of the molecule is CC(N)C(=O)NC(CCO)C1CCCCC1.Cl. The monoisotopic (exact) mass is 264 g/mol. The molecule has 0 aliphatic heterocycles. The van der Waals surface area contributed by atoms with Gasteiger partial charge in [-0.25, -0.2) is 0 Å². The number of aliphatic hydroxyl groups excluding tert-OH is 1. The number of nitrogens with two attached hydrogens (primary N) is 1. The number of aliphatic hydroxyl groups is 1. The number of rotatable bonds is 5. The third kappa shape index (κ3) is 5.70. The van der Waals surface area contributed by atoms with Crippen LogP contribution in [0, 0.1) is 5.92 Å². The average Bonchev–Trinajstić information content (AvgIpc) is 2.29. The summed E-state index contributed by atoms with van der Waals surface area (Å²) in [6.07, 6.45) is 6.72. The highest BCUT2D eigenvalue weighted by molar-refractivity contribution is 5.85. The fourth-order valence-corrected chi connectivity index (χ4v) is 2.42. The maximum atomic E-state index is 11.6. The van der Waals surface area contributed by atoms with E-state index in [1.54, 1.807) is 6.92 Å². The Balaban J connectivity index is 0.00000256. The van der Waals surface area contributed by atoms with Gasteiger partial charge in [-0.3, -0.25) is 4.79 Å². The lowest BCUT2D eigenvalue weighted by Crippen LogP contribution is -2.47. The van der Waals surface area contributed by atoms with Gasteiger partial charge < -0.3 is 16.2 Å². The number of carbonyl (C=O) groups is 1. The molecule has 102 valence electrons. The van der Waals surface area contributed by atoms with Crippen LogP contribution in [0.1, 0.15) is 45.4 Å². The summed E-state index contributed by atoms with van der Waals surface area (Å²) in [4.78, 5) is 11.6. The van der Waals surface area contributed by atoms with Crippen molar-refractivity contribution in [3.63, 3.8) is 0 Å². The predicted molar refractivity (Wildman–Crippen MR) is 71.1 cm³/mol. The van der Waals surface area contributed by atoms with Crippen molar-refractivity contribution >= 4 is 18.3 Å². The topological polar surface area (TPSA) is 75.4 Å². The third-order valence-corrected chi connectivity index (χ3v) is 3.40. The van der Waals surface area contributed by atoms with Crippen LogP contribution < -0.4 is 11.1 Å². The summed E-state index contributed by atoms with van der Waals surface area (Å²) in [6.45, 7) is 1.81. The van der Waals surface area contributed by atoms with E-state index >= 15 is 0 Å². The zero-order chi connectivity index (χ0) is 12.0. The molecular formula is C12H25ClN2O2. The summed E-state index contributed by atoms with van der Waals surface area (Å²) in [7, 11) is 0. The molecule has 0 saturated heterocycles. The zero-order valence-electron chi connectivity index (χ0n) is 10.5. The molecule has 4 nitrogen and oxygen atoms in total. The van der Waals surface area contributed by atoms with Crippen LogP contribution in [0.3, 0.4) is 0 Å². The van der Waals surface area contributed by atoms with Gasteiger partial charge in [0, 0.05) is 12.6 Å². The number of hydrogen-bond donors (Lipinski definition) is 3. The van der Waals surface area contributed by atoms with Crippen LogP contribution in [-0.2, 0) is 4.79 Å². The molecule has 1 aliphatic carbocycles. The van der Waals surface area contributed by atoms with Crippen molar-refractivity contribution in [1.29, 1.82) is 0 Å². The average molecular weight is 265 g/mol. The van der Waals surface area contributed by atoms with Gasteiger partial charge in [0.15, 0.2) is 0 Å². The molecule has 1 amide bonds. The fraction of sp³-hybridized carbons (Fsp3) is 0.917. The molecule has 2 unspecified atom stereocenters. The Labute approximate surface area is 110 Å². The molecule has 1 rings (SSSR count). The summed E-state index contributed by atoms with van der Waals surface area (Å²) >= 11 is 0. The highest BCUT2D eigenvalue weighted by Gasteiger charge is 2.25. The van der Waals surface area contributed by atoms with Crippen molar-refractivity contribution in [1.82, 2.24) is 5.32 Å². The highest BCUT2D eigenvalue weighted by atomic mass is 35.5. The van der Waals surface area contributed by atoms with Crippen molar-refractivity contribution in [2.75, 3.05) is 6.61 Å². The molecule has 1 saturated carbocycles. The van der Waals surface area contributed by atoms with E-state index in [2.05, 4.69) is 5.32 Å². The van der Waals surface area contributed by atoms with E-state index in [-0.39, 0.29) is 31.0 Å². The van der Waals surface area contributed by atoms with Crippen molar-refractivity contribution in [3.8, 4) is 0 Å². The Kier molecular flexibility index (Phi) is 8.56. The quantitative estimate of drug-likeness (QED) is 0.699. The lowest BCUT2D eigenvalue weighted by Gasteiger charge is -2.31. The minimum absolute atomic E-state index is 0. The third-order valence-electron chi connectivity index (χ3n) is 3.40. The molecule has 0 spiro atoms. The van der Waals surface area contributed by atoms with Crippen LogP contribution in [0.2, 0.25) is 0 Å². The minimum atomic E-state index is -0.468. The van der Waals surface area contributed by atoms with Gasteiger partial charge in [0.1, 0.15) is 0 Å². The molecular weight excluding hydrogens is 240 g/mol. The van der Waals surface area contributed by atoms with Gasteiger partial charge in [-0.05, 0) is 32.1 Å². The summed E-state index contributed by atoms with van der Waals surface area (Å²) < 4.78 is 0. The molecule has 0 radical (unpaired) electrons. The van der Waals surface area contributed by atoms with Crippen LogP contribution in [0.25, 0.3) is 0 Å². The van der Waals surface area contributed by atoms with Gasteiger partial charge in [-0.2, -0.15) is 0 Å². The fourth-order valence-electron chi connectivity index (χ4n) is 2.42. The number of carbonyl (C=O) groups excluding carboxylic acids is 1. The zero-order valence-corrected chi connectivity index (χ0v) is 11.3. The number of hydrogen-bond acceptors (Lipinski definition) is 3. The van der Waals surface area contributed by atoms with Crippen molar-refractivity contribution < 1.29 is 9.90 Å². The molecule has 0 aromatic rings. The van der Waals surface area contributed by atoms with Crippen molar-refractivity contribution in [3.05, 3.63) is 0 Å². The van der Waals surface area contributed by atoms with Gasteiger partial charge >= 0.3 is 0 Å². The largest absolute Gasteiger partial charge is 0.396 e. The van der Waals surface area contributed by atoms with Crippen LogP contribution >= 0.6 is 12.4 Å². The lowest BCUT2D eigenvalue weighted by molar-refractivity contribution is -0.123. The molecule has 5 heteroatoms. The maximum absolute atomic E-state index is 11.6. The van der Waals surface area contributed by atoms with Gasteiger partial charge in [-0.1, -0.05) is 19.3 Å². The molecule has 0 heterocycles. The number of nitrogens with one attached hydrogen (secondary N) is 1. The first-order valence-corrected chi connectivity index (χ1v) is 6.32. The molecule has 2 atom stereocenters. The summed E-state index contributed by atoms with van der Waals surface area (Å²) in [5, 5.41) is 12.0. The molecule has 0 bridgehead atoms. The first-order chi connectivity index (χ1) is 7.65. The van der Waals surface area contributed by atoms with E-state index in [0.29, 0.717) is 12.3 Å². The summed E-state index contributed by atoms with van der Waals surface area (Å²) in [5.74, 6) is 0.410. The van der Waals surface area contributed by atoms with Crippen molar-refractivity contribution in [2.24, 2.45) is 11.7 Å². The van der Waals surface area contributed by atoms with Gasteiger partial charge in [-0.15, -0.1) is 12.4 Å². The van der Waals surface area contributed by atoms with E-state index in [9.17, 15) is 4.79 Å². The standard InChI is InChI=1S/C12H24N2O2.ClH/c1-9(13)12(16)14-11(7-8-15)10-5-3-2-4-6-10;/h9-11,15H,2-8,13H2,1H3,(H,14,16);1H. The van der Waals surface area contributed by atoms with Gasteiger partial charge in [0.25, 0.3) is 0 Å². The van der Waals surface area contributed by atoms with Crippen LogP contribution in [0.5, 0.6) is 0 Å². The molecule has 0 aromatic carbocycles. The number of halogens is 1. The predicted octanol–water partition coefficient (Wildman–Crippen LogP) is 1.20. The molecule has 0 aromatic heterocycles. The van der Waals surface area contributed by atoms with Crippen LogP contribution in [-0.4, -0.2) is 29.7 Å². The second-order valence-electron chi connectivity index (χ2n) is 4.81. The van der Waals surface area contributed by atoms with Gasteiger partial charge in [0.05, 0.1) is 6.04 Å². The van der Waals surface area contributed by atoms with E-state index < -0.39 is 6.04 Å².